The number of pyridine rings is 1. The fourth-order valence-corrected chi connectivity index (χ4v) is 5.93. The number of carbonyl (C=O) groups is 1. The summed E-state index contributed by atoms with van der Waals surface area (Å²) < 4.78 is 35.8. The number of benzene rings is 2. The lowest BCUT2D eigenvalue weighted by atomic mass is 9.98. The van der Waals surface area contributed by atoms with Gasteiger partial charge in [0.1, 0.15) is 5.75 Å². The highest BCUT2D eigenvalue weighted by molar-refractivity contribution is 7.93. The van der Waals surface area contributed by atoms with Crippen molar-refractivity contribution in [2.75, 3.05) is 19.8 Å². The summed E-state index contributed by atoms with van der Waals surface area (Å²) >= 11 is 0. The van der Waals surface area contributed by atoms with E-state index in [1.807, 2.05) is 36.5 Å². The van der Waals surface area contributed by atoms with Gasteiger partial charge in [0.05, 0.1) is 11.5 Å². The average Bonchev–Trinajstić information content (AvgIpc) is 2.85. The zero-order chi connectivity index (χ0) is 23.3. The Hall–Kier alpha value is -3.23. The molecule has 1 saturated heterocycles. The first-order chi connectivity index (χ1) is 15.9. The van der Waals surface area contributed by atoms with Crippen LogP contribution in [0.3, 0.4) is 0 Å². The number of hydrogen-bond donors (Lipinski definition) is 1. The Morgan fingerprint density at radius 3 is 2.42 bits per heavy atom. The van der Waals surface area contributed by atoms with Gasteiger partial charge in [0.25, 0.3) is 0 Å². The van der Waals surface area contributed by atoms with Gasteiger partial charge in [0.2, 0.25) is 5.91 Å². The lowest BCUT2D eigenvalue weighted by Gasteiger charge is -2.33. The minimum Gasteiger partial charge on any atom is -0.493 e. The normalized spacial score (nSPS) is 15.6. The number of aromatic nitrogens is 1. The maximum absolute atomic E-state index is 13.2. The molecule has 7 nitrogen and oxygen atoms in total. The molecule has 0 bridgehead atoms. The quantitative estimate of drug-likeness (QED) is 0.546. The van der Waals surface area contributed by atoms with Gasteiger partial charge >= 0.3 is 0 Å². The molecule has 4 rings (SSSR count). The van der Waals surface area contributed by atoms with Crippen LogP contribution < -0.4 is 10.5 Å². The van der Waals surface area contributed by atoms with Crippen LogP contribution in [-0.2, 0) is 25.8 Å². The van der Waals surface area contributed by atoms with Crippen LogP contribution in [0.5, 0.6) is 5.75 Å². The van der Waals surface area contributed by atoms with Crippen molar-refractivity contribution >= 4 is 15.7 Å². The predicted octanol–water partition coefficient (Wildman–Crippen LogP) is 3.18. The summed E-state index contributed by atoms with van der Waals surface area (Å²) in [6, 6.07) is 18.2. The Labute approximate surface area is 193 Å². The molecule has 0 radical (unpaired) electrons. The van der Waals surface area contributed by atoms with Crippen molar-refractivity contribution in [3.63, 3.8) is 0 Å². The SMILES string of the molecule is NC(=O)C1(S(=O)(=O)c2ccc(OCCc3cccc(-c4cccnc4)c3)cc2)CCOCC1. The van der Waals surface area contributed by atoms with Crippen molar-refractivity contribution in [3.05, 3.63) is 78.6 Å². The molecular formula is C25H26N2O5S. The maximum Gasteiger partial charge on any atom is 0.239 e. The van der Waals surface area contributed by atoms with E-state index in [0.29, 0.717) is 18.8 Å². The fourth-order valence-electron chi connectivity index (χ4n) is 4.02. The van der Waals surface area contributed by atoms with Gasteiger partial charge in [-0.2, -0.15) is 0 Å². The first-order valence-corrected chi connectivity index (χ1v) is 12.3. The molecule has 1 aliphatic rings. The van der Waals surface area contributed by atoms with E-state index in [9.17, 15) is 13.2 Å². The number of rotatable bonds is 8. The summed E-state index contributed by atoms with van der Waals surface area (Å²) in [7, 11) is -3.95. The molecule has 8 heteroatoms. The molecule has 172 valence electrons. The van der Waals surface area contributed by atoms with E-state index in [2.05, 4.69) is 11.1 Å². The molecule has 1 aromatic heterocycles. The first-order valence-electron chi connectivity index (χ1n) is 10.8. The number of primary amides is 1. The molecule has 0 saturated carbocycles. The van der Waals surface area contributed by atoms with Crippen LogP contribution in [0.2, 0.25) is 0 Å². The Kier molecular flexibility index (Phi) is 6.76. The summed E-state index contributed by atoms with van der Waals surface area (Å²) in [5.74, 6) is -0.280. The number of nitrogens with two attached hydrogens (primary N) is 1. The van der Waals surface area contributed by atoms with Crippen LogP contribution in [0, 0.1) is 0 Å². The Bertz CT molecular complexity index is 1210. The average molecular weight is 467 g/mol. The van der Waals surface area contributed by atoms with Gasteiger partial charge in [0, 0.05) is 32.0 Å². The van der Waals surface area contributed by atoms with Crippen LogP contribution in [0.25, 0.3) is 11.1 Å². The third kappa shape index (κ3) is 4.77. The van der Waals surface area contributed by atoms with Crippen LogP contribution in [-0.4, -0.2) is 43.9 Å². The van der Waals surface area contributed by atoms with Crippen molar-refractivity contribution in [1.82, 2.24) is 4.98 Å². The van der Waals surface area contributed by atoms with E-state index in [0.717, 1.165) is 16.7 Å². The summed E-state index contributed by atoms with van der Waals surface area (Å²) in [5, 5.41) is 0. The number of carbonyl (C=O) groups excluding carboxylic acids is 1. The molecule has 3 aromatic rings. The molecule has 0 atom stereocenters. The Morgan fingerprint density at radius 2 is 1.76 bits per heavy atom. The molecule has 1 fully saturated rings. The molecule has 33 heavy (non-hydrogen) atoms. The zero-order valence-corrected chi connectivity index (χ0v) is 19.0. The summed E-state index contributed by atoms with van der Waals surface area (Å²) in [4.78, 5) is 16.3. The molecular weight excluding hydrogens is 440 g/mol. The van der Waals surface area contributed by atoms with Crippen molar-refractivity contribution in [1.29, 1.82) is 0 Å². The van der Waals surface area contributed by atoms with E-state index in [4.69, 9.17) is 15.2 Å². The van der Waals surface area contributed by atoms with E-state index in [-0.39, 0.29) is 31.0 Å². The summed E-state index contributed by atoms with van der Waals surface area (Å²) in [6.45, 7) is 0.807. The van der Waals surface area contributed by atoms with Crippen LogP contribution in [0.1, 0.15) is 18.4 Å². The van der Waals surface area contributed by atoms with Gasteiger partial charge in [-0.1, -0.05) is 30.3 Å². The van der Waals surface area contributed by atoms with Crippen molar-refractivity contribution in [2.24, 2.45) is 5.73 Å². The van der Waals surface area contributed by atoms with Crippen molar-refractivity contribution in [3.8, 4) is 16.9 Å². The lowest BCUT2D eigenvalue weighted by molar-refractivity contribution is -0.122. The third-order valence-electron chi connectivity index (χ3n) is 5.98. The second-order valence-electron chi connectivity index (χ2n) is 7.99. The molecule has 0 spiro atoms. The number of amides is 1. The zero-order valence-electron chi connectivity index (χ0n) is 18.1. The summed E-state index contributed by atoms with van der Waals surface area (Å²) in [6.07, 6.45) is 4.38. The summed E-state index contributed by atoms with van der Waals surface area (Å²) in [5.41, 5.74) is 8.79. The number of sulfone groups is 1. The largest absolute Gasteiger partial charge is 0.493 e. The Morgan fingerprint density at radius 1 is 1.03 bits per heavy atom. The lowest BCUT2D eigenvalue weighted by Crippen LogP contribution is -2.53. The molecule has 0 unspecified atom stereocenters. The second-order valence-corrected chi connectivity index (χ2v) is 10.2. The van der Waals surface area contributed by atoms with Gasteiger partial charge in [-0.05, 0) is 59.9 Å². The van der Waals surface area contributed by atoms with Crippen molar-refractivity contribution in [2.45, 2.75) is 28.9 Å². The van der Waals surface area contributed by atoms with Gasteiger partial charge in [0.15, 0.2) is 14.6 Å². The van der Waals surface area contributed by atoms with Gasteiger partial charge in [-0.3, -0.25) is 9.78 Å². The molecule has 2 N–H and O–H groups in total. The van der Waals surface area contributed by atoms with E-state index < -0.39 is 20.5 Å². The first kappa shape index (κ1) is 22.9. The van der Waals surface area contributed by atoms with Gasteiger partial charge < -0.3 is 15.2 Å². The smallest absolute Gasteiger partial charge is 0.239 e. The topological polar surface area (TPSA) is 109 Å². The predicted molar refractivity (Wildman–Crippen MR) is 124 cm³/mol. The van der Waals surface area contributed by atoms with E-state index >= 15 is 0 Å². The highest BCUT2D eigenvalue weighted by Gasteiger charge is 2.51. The second kappa shape index (κ2) is 9.72. The monoisotopic (exact) mass is 466 g/mol. The number of hydrogen-bond acceptors (Lipinski definition) is 6. The van der Waals surface area contributed by atoms with Crippen LogP contribution in [0.15, 0.2) is 78.0 Å². The molecule has 1 aliphatic heterocycles. The maximum atomic E-state index is 13.2. The van der Waals surface area contributed by atoms with E-state index in [1.165, 1.54) is 12.1 Å². The Balaban J connectivity index is 1.41. The third-order valence-corrected chi connectivity index (χ3v) is 8.51. The molecule has 2 heterocycles. The van der Waals surface area contributed by atoms with Crippen LogP contribution in [0.4, 0.5) is 0 Å². The number of ether oxygens (including phenoxy) is 2. The van der Waals surface area contributed by atoms with Gasteiger partial charge in [-0.25, -0.2) is 8.42 Å². The molecule has 0 aliphatic carbocycles. The highest BCUT2D eigenvalue weighted by Crippen LogP contribution is 2.35. The fraction of sp³-hybridized carbons (Fsp3) is 0.280. The standard InChI is InChI=1S/C25H26N2O5S/c26-24(28)25(11-15-31-16-12-25)33(29,30)23-8-6-22(7-9-23)32-14-10-19-3-1-4-20(17-19)21-5-2-13-27-18-21/h1-9,13,17-18H,10-12,14-16H2,(H2,26,28). The minimum atomic E-state index is -3.95. The van der Waals surface area contributed by atoms with Crippen LogP contribution >= 0.6 is 0 Å². The van der Waals surface area contributed by atoms with Crippen molar-refractivity contribution < 1.29 is 22.7 Å². The molecule has 1 amide bonds. The molecule has 2 aromatic carbocycles. The van der Waals surface area contributed by atoms with E-state index in [1.54, 1.807) is 18.3 Å². The minimum absolute atomic E-state index is 0.0553. The number of nitrogens with zero attached hydrogens (tertiary/aromatic N) is 1. The van der Waals surface area contributed by atoms with Gasteiger partial charge in [-0.15, -0.1) is 0 Å². The highest BCUT2D eigenvalue weighted by atomic mass is 32.2.